The molecule has 0 amide bonds. The Hall–Kier alpha value is -0.200. The van der Waals surface area contributed by atoms with Crippen molar-refractivity contribution in [3.63, 3.8) is 0 Å². The summed E-state index contributed by atoms with van der Waals surface area (Å²) in [6.45, 7) is 4.01. The molecule has 0 radical (unpaired) electrons. The van der Waals surface area contributed by atoms with Crippen LogP contribution in [-0.4, -0.2) is 60.4 Å². The first kappa shape index (κ1) is 14.2. The molecule has 5 nitrogen and oxygen atoms in total. The number of hydrogen-bond acceptors (Lipinski definition) is 5. The fraction of sp³-hybridized carbons (Fsp3) is 1.00. The minimum atomic E-state index is -0.603. The molecule has 1 spiro atoms. The Bertz CT molecular complexity index is 256. The second-order valence-corrected chi connectivity index (χ2v) is 5.85. The Morgan fingerprint density at radius 1 is 1.22 bits per heavy atom. The Morgan fingerprint density at radius 3 is 2.50 bits per heavy atom. The van der Waals surface area contributed by atoms with Gasteiger partial charge in [-0.2, -0.15) is 0 Å². The zero-order valence-electron chi connectivity index (χ0n) is 11.2. The predicted octanol–water partition coefficient (Wildman–Crippen LogP) is 0.0475. The van der Waals surface area contributed by atoms with Crippen molar-refractivity contribution in [2.75, 3.05) is 33.0 Å². The molecule has 0 aromatic rings. The molecule has 2 rings (SSSR count). The number of hydrogen-bond donors (Lipinski definition) is 3. The third kappa shape index (κ3) is 3.22. The standard InChI is InChI=1S/C13H25NO4/c1-12(9-15,10-16)14-11-2-5-18-13(8-11)3-6-17-7-4-13/h11,14-16H,2-10H2,1H3. The molecule has 106 valence electrons. The van der Waals surface area contributed by atoms with Gasteiger partial charge in [0.2, 0.25) is 0 Å². The van der Waals surface area contributed by atoms with E-state index in [0.29, 0.717) is 6.04 Å². The van der Waals surface area contributed by atoms with Crippen LogP contribution in [-0.2, 0) is 9.47 Å². The van der Waals surface area contributed by atoms with Crippen LogP contribution in [0.25, 0.3) is 0 Å². The third-order valence-electron chi connectivity index (χ3n) is 4.15. The molecule has 18 heavy (non-hydrogen) atoms. The zero-order chi connectivity index (χ0) is 13.1. The van der Waals surface area contributed by atoms with Crippen LogP contribution in [0, 0.1) is 0 Å². The Kier molecular flexibility index (Phi) is 4.61. The van der Waals surface area contributed by atoms with E-state index in [0.717, 1.165) is 45.5 Å². The summed E-state index contributed by atoms with van der Waals surface area (Å²) < 4.78 is 11.4. The first-order valence-corrected chi connectivity index (χ1v) is 6.83. The maximum Gasteiger partial charge on any atom is 0.0741 e. The van der Waals surface area contributed by atoms with Crippen molar-refractivity contribution in [2.24, 2.45) is 0 Å². The van der Waals surface area contributed by atoms with Crippen molar-refractivity contribution in [1.82, 2.24) is 5.32 Å². The molecule has 0 bridgehead atoms. The van der Waals surface area contributed by atoms with Crippen molar-refractivity contribution in [3.05, 3.63) is 0 Å². The largest absolute Gasteiger partial charge is 0.394 e. The van der Waals surface area contributed by atoms with Crippen LogP contribution in [0.3, 0.4) is 0 Å². The number of aliphatic hydroxyl groups excluding tert-OH is 2. The Balaban J connectivity index is 1.94. The first-order valence-electron chi connectivity index (χ1n) is 6.83. The molecule has 2 aliphatic heterocycles. The minimum absolute atomic E-state index is 0.0556. The summed E-state index contributed by atoms with van der Waals surface area (Å²) >= 11 is 0. The summed E-state index contributed by atoms with van der Waals surface area (Å²) in [7, 11) is 0. The van der Waals surface area contributed by atoms with Gasteiger partial charge in [0, 0.05) is 25.9 Å². The summed E-state index contributed by atoms with van der Waals surface area (Å²) in [5.41, 5.74) is -0.658. The molecule has 1 unspecified atom stereocenters. The van der Waals surface area contributed by atoms with Gasteiger partial charge in [0.25, 0.3) is 0 Å². The van der Waals surface area contributed by atoms with E-state index in [9.17, 15) is 10.2 Å². The molecule has 2 aliphatic rings. The highest BCUT2D eigenvalue weighted by Crippen LogP contribution is 2.34. The molecule has 5 heteroatoms. The summed E-state index contributed by atoms with van der Waals surface area (Å²) in [6, 6.07) is 0.293. The zero-order valence-corrected chi connectivity index (χ0v) is 11.2. The summed E-state index contributed by atoms with van der Waals surface area (Å²) in [5, 5.41) is 22.1. The average Bonchev–Trinajstić information content (AvgIpc) is 2.39. The smallest absolute Gasteiger partial charge is 0.0741 e. The van der Waals surface area contributed by atoms with Gasteiger partial charge in [-0.25, -0.2) is 0 Å². The van der Waals surface area contributed by atoms with Crippen molar-refractivity contribution in [1.29, 1.82) is 0 Å². The fourth-order valence-corrected chi connectivity index (χ4v) is 2.88. The molecule has 0 aromatic heterocycles. The van der Waals surface area contributed by atoms with Gasteiger partial charge in [0.05, 0.1) is 24.4 Å². The fourth-order valence-electron chi connectivity index (χ4n) is 2.88. The molecular weight excluding hydrogens is 234 g/mol. The highest BCUT2D eigenvalue weighted by atomic mass is 16.5. The van der Waals surface area contributed by atoms with Crippen molar-refractivity contribution >= 4 is 0 Å². The Labute approximate surface area is 108 Å². The monoisotopic (exact) mass is 259 g/mol. The van der Waals surface area contributed by atoms with Crippen LogP contribution < -0.4 is 5.32 Å². The van der Waals surface area contributed by atoms with Gasteiger partial charge in [0.1, 0.15) is 0 Å². The molecule has 2 fully saturated rings. The molecule has 0 aromatic carbocycles. The molecule has 0 saturated carbocycles. The van der Waals surface area contributed by atoms with E-state index < -0.39 is 5.54 Å². The van der Waals surface area contributed by atoms with Crippen LogP contribution in [0.15, 0.2) is 0 Å². The average molecular weight is 259 g/mol. The lowest BCUT2D eigenvalue weighted by Crippen LogP contribution is -2.58. The summed E-state index contributed by atoms with van der Waals surface area (Å²) in [4.78, 5) is 0. The Morgan fingerprint density at radius 2 is 1.89 bits per heavy atom. The lowest BCUT2D eigenvalue weighted by atomic mass is 9.83. The van der Waals surface area contributed by atoms with Crippen LogP contribution in [0.4, 0.5) is 0 Å². The highest BCUT2D eigenvalue weighted by molar-refractivity contribution is 4.95. The molecular formula is C13H25NO4. The van der Waals surface area contributed by atoms with Crippen molar-refractivity contribution in [2.45, 2.75) is 49.8 Å². The lowest BCUT2D eigenvalue weighted by Gasteiger charge is -2.45. The highest BCUT2D eigenvalue weighted by Gasteiger charge is 2.40. The van der Waals surface area contributed by atoms with Gasteiger partial charge in [-0.1, -0.05) is 0 Å². The van der Waals surface area contributed by atoms with Crippen LogP contribution >= 0.6 is 0 Å². The quantitative estimate of drug-likeness (QED) is 0.665. The SMILES string of the molecule is CC(CO)(CO)NC1CCOC2(CCOCC2)C1. The minimum Gasteiger partial charge on any atom is -0.394 e. The van der Waals surface area contributed by atoms with Gasteiger partial charge in [0.15, 0.2) is 0 Å². The number of nitrogens with one attached hydrogen (secondary N) is 1. The van der Waals surface area contributed by atoms with E-state index >= 15 is 0 Å². The lowest BCUT2D eigenvalue weighted by molar-refractivity contribution is -0.143. The van der Waals surface area contributed by atoms with Gasteiger partial charge < -0.3 is 25.0 Å². The number of ether oxygens (including phenoxy) is 2. The maximum absolute atomic E-state index is 9.34. The van der Waals surface area contributed by atoms with Crippen LogP contribution in [0.1, 0.15) is 32.6 Å². The third-order valence-corrected chi connectivity index (χ3v) is 4.15. The van der Waals surface area contributed by atoms with E-state index in [1.165, 1.54) is 0 Å². The number of rotatable bonds is 4. The molecule has 2 heterocycles. The van der Waals surface area contributed by atoms with Gasteiger partial charge in [-0.05, 0) is 32.6 Å². The molecule has 1 atom stereocenters. The molecule has 0 aliphatic carbocycles. The van der Waals surface area contributed by atoms with E-state index in [1.54, 1.807) is 0 Å². The normalized spacial score (nSPS) is 28.5. The van der Waals surface area contributed by atoms with Gasteiger partial charge >= 0.3 is 0 Å². The summed E-state index contributed by atoms with van der Waals surface area (Å²) in [5.74, 6) is 0. The molecule has 3 N–H and O–H groups in total. The van der Waals surface area contributed by atoms with E-state index in [4.69, 9.17) is 9.47 Å². The van der Waals surface area contributed by atoms with Crippen molar-refractivity contribution in [3.8, 4) is 0 Å². The second kappa shape index (κ2) is 5.84. The van der Waals surface area contributed by atoms with Crippen molar-refractivity contribution < 1.29 is 19.7 Å². The first-order chi connectivity index (χ1) is 8.61. The topological polar surface area (TPSA) is 71.0 Å². The van der Waals surface area contributed by atoms with Gasteiger partial charge in [-0.15, -0.1) is 0 Å². The van der Waals surface area contributed by atoms with E-state index in [2.05, 4.69) is 5.32 Å². The number of aliphatic hydroxyl groups is 2. The maximum atomic E-state index is 9.34. The van der Waals surface area contributed by atoms with Gasteiger partial charge in [-0.3, -0.25) is 0 Å². The van der Waals surface area contributed by atoms with Crippen LogP contribution in [0.5, 0.6) is 0 Å². The second-order valence-electron chi connectivity index (χ2n) is 5.85. The molecule has 2 saturated heterocycles. The predicted molar refractivity (Wildman–Crippen MR) is 67.5 cm³/mol. The van der Waals surface area contributed by atoms with E-state index in [1.807, 2.05) is 6.92 Å². The van der Waals surface area contributed by atoms with Crippen LogP contribution in [0.2, 0.25) is 0 Å². The van der Waals surface area contributed by atoms with E-state index in [-0.39, 0.29) is 18.8 Å². The summed E-state index contributed by atoms with van der Waals surface area (Å²) in [6.07, 6.45) is 3.75.